The molecule has 6 rings (SSSR count). The summed E-state index contributed by atoms with van der Waals surface area (Å²) in [4.78, 5) is 26.6. The van der Waals surface area contributed by atoms with E-state index in [-0.39, 0.29) is 40.1 Å². The Bertz CT molecular complexity index is 2300. The van der Waals surface area contributed by atoms with Crippen LogP contribution in [-0.2, 0) is 27.8 Å². The zero-order chi connectivity index (χ0) is 37.5. The summed E-state index contributed by atoms with van der Waals surface area (Å²) in [7, 11) is -4.27. The van der Waals surface area contributed by atoms with E-state index in [2.05, 4.69) is 19.2 Å². The largest absolute Gasteiger partial charge is 0.480 e. The maximum absolute atomic E-state index is 14.6. The Kier molecular flexibility index (Phi) is 11.4. The molecule has 1 unspecified atom stereocenters. The average Bonchev–Trinajstić information content (AvgIpc) is 3.18. The number of anilines is 1. The van der Waals surface area contributed by atoms with Crippen LogP contribution in [0.2, 0.25) is 5.02 Å². The highest BCUT2D eigenvalue weighted by Crippen LogP contribution is 2.33. The van der Waals surface area contributed by atoms with Crippen LogP contribution in [0.25, 0.3) is 22.3 Å². The van der Waals surface area contributed by atoms with Gasteiger partial charge in [-0.1, -0.05) is 147 Å². The first kappa shape index (κ1) is 37.1. The van der Waals surface area contributed by atoms with E-state index in [1.165, 1.54) is 22.5 Å². The Morgan fingerprint density at radius 1 is 0.679 bits per heavy atom. The topological polar surface area (TPSA) is 104 Å². The zero-order valence-electron chi connectivity index (χ0n) is 29.3. The van der Waals surface area contributed by atoms with E-state index >= 15 is 0 Å². The summed E-state index contributed by atoms with van der Waals surface area (Å²) < 4.78 is 30.4. The van der Waals surface area contributed by atoms with Crippen LogP contribution in [0.15, 0.2) is 157 Å². The Hall–Kier alpha value is -5.70. The summed E-state index contributed by atoms with van der Waals surface area (Å²) in [5, 5.41) is 13.0. The third-order valence-corrected chi connectivity index (χ3v) is 11.1. The first-order chi connectivity index (χ1) is 25.5. The molecular weight excluding hydrogens is 704 g/mol. The number of hydrogen-bond acceptors (Lipinski definition) is 4. The van der Waals surface area contributed by atoms with Crippen LogP contribution in [0.5, 0.6) is 0 Å². The first-order valence-corrected chi connectivity index (χ1v) is 19.1. The minimum Gasteiger partial charge on any atom is -0.480 e. The molecule has 0 saturated carbocycles. The number of carboxylic acid groups (broad SMARTS) is 1. The van der Waals surface area contributed by atoms with Gasteiger partial charge in [0.1, 0.15) is 6.04 Å². The van der Waals surface area contributed by atoms with Crippen molar-refractivity contribution in [1.82, 2.24) is 5.32 Å². The van der Waals surface area contributed by atoms with Crippen molar-refractivity contribution < 1.29 is 23.1 Å². The molecule has 0 aliphatic rings. The van der Waals surface area contributed by atoms with Crippen LogP contribution in [0.1, 0.15) is 46.8 Å². The van der Waals surface area contributed by atoms with Crippen molar-refractivity contribution in [2.45, 2.75) is 43.7 Å². The van der Waals surface area contributed by atoms with Gasteiger partial charge in [-0.05, 0) is 75.2 Å². The Labute approximate surface area is 315 Å². The fourth-order valence-electron chi connectivity index (χ4n) is 6.09. The number of halogens is 1. The van der Waals surface area contributed by atoms with E-state index in [9.17, 15) is 23.1 Å². The van der Waals surface area contributed by atoms with Crippen molar-refractivity contribution in [2.75, 3.05) is 4.31 Å². The summed E-state index contributed by atoms with van der Waals surface area (Å²) in [6, 6.07) is 44.2. The number of amides is 1. The van der Waals surface area contributed by atoms with E-state index in [0.717, 1.165) is 27.8 Å². The van der Waals surface area contributed by atoms with Gasteiger partial charge >= 0.3 is 5.97 Å². The predicted octanol–water partition coefficient (Wildman–Crippen LogP) is 9.62. The summed E-state index contributed by atoms with van der Waals surface area (Å²) in [5.74, 6) is -1.73. The van der Waals surface area contributed by atoms with Gasteiger partial charge in [-0.2, -0.15) is 0 Å². The quantitative estimate of drug-likeness (QED) is 0.123. The molecule has 0 aliphatic heterocycles. The molecule has 6 aromatic rings. The highest BCUT2D eigenvalue weighted by atomic mass is 35.5. The molecular formula is C44H39ClN2O5S. The average molecular weight is 743 g/mol. The predicted molar refractivity (Wildman–Crippen MR) is 212 cm³/mol. The van der Waals surface area contributed by atoms with Crippen molar-refractivity contribution in [2.24, 2.45) is 0 Å². The van der Waals surface area contributed by atoms with Gasteiger partial charge in [-0.15, -0.1) is 0 Å². The summed E-state index contributed by atoms with van der Waals surface area (Å²) in [6.07, 6.45) is 0.00399. The standard InChI is InChI=1S/C44H39ClN2O5S/c1-30(2)33-17-15-32(16-18-33)29-47(53(51,52)39-24-21-37(22-25-39)35-11-7-4-8-12-35)42-26-23-38(45)28-40(42)43(48)46-41(44(49)50)27-31-13-19-36(20-14-31)34-9-5-3-6-10-34/h3-26,28,30,41H,27,29H2,1-2H3,(H,46,48)(H,49,50). The second-order valence-corrected chi connectivity index (χ2v) is 15.4. The van der Waals surface area contributed by atoms with Crippen LogP contribution in [-0.4, -0.2) is 31.4 Å². The van der Waals surface area contributed by atoms with Crippen LogP contribution < -0.4 is 9.62 Å². The maximum atomic E-state index is 14.6. The van der Waals surface area contributed by atoms with Gasteiger partial charge in [0.05, 0.1) is 22.7 Å². The van der Waals surface area contributed by atoms with Crippen molar-refractivity contribution in [3.05, 3.63) is 179 Å². The fourth-order valence-corrected chi connectivity index (χ4v) is 7.74. The molecule has 2 N–H and O–H groups in total. The SMILES string of the molecule is CC(C)c1ccc(CN(c2ccc(Cl)cc2C(=O)NC(Cc2ccc(-c3ccccc3)cc2)C(=O)O)S(=O)(=O)c2ccc(-c3ccccc3)cc2)cc1. The number of nitrogens with one attached hydrogen (secondary N) is 1. The van der Waals surface area contributed by atoms with Gasteiger partial charge in [0.2, 0.25) is 0 Å². The third kappa shape index (κ3) is 8.85. The van der Waals surface area contributed by atoms with Gasteiger partial charge in [0, 0.05) is 11.4 Å². The van der Waals surface area contributed by atoms with Crippen molar-refractivity contribution in [3.63, 3.8) is 0 Å². The zero-order valence-corrected chi connectivity index (χ0v) is 30.9. The van der Waals surface area contributed by atoms with E-state index in [0.29, 0.717) is 11.1 Å². The van der Waals surface area contributed by atoms with Crippen molar-refractivity contribution >= 4 is 39.2 Å². The minimum absolute atomic E-state index is 0.00399. The molecule has 53 heavy (non-hydrogen) atoms. The number of rotatable bonds is 13. The second kappa shape index (κ2) is 16.3. The molecule has 0 aromatic heterocycles. The lowest BCUT2D eigenvalue weighted by atomic mass is 10.0. The molecule has 0 radical (unpaired) electrons. The number of carbonyl (C=O) groups is 2. The molecule has 0 bridgehead atoms. The Morgan fingerprint density at radius 3 is 1.72 bits per heavy atom. The molecule has 1 amide bonds. The van der Waals surface area contributed by atoms with E-state index < -0.39 is 27.9 Å². The number of benzene rings is 6. The molecule has 0 saturated heterocycles. The maximum Gasteiger partial charge on any atom is 0.326 e. The number of sulfonamides is 1. The smallest absolute Gasteiger partial charge is 0.326 e. The van der Waals surface area contributed by atoms with Gasteiger partial charge in [-0.3, -0.25) is 9.10 Å². The Morgan fingerprint density at radius 2 is 1.19 bits per heavy atom. The highest BCUT2D eigenvalue weighted by molar-refractivity contribution is 7.92. The Balaban J connectivity index is 1.34. The van der Waals surface area contributed by atoms with Crippen molar-refractivity contribution in [1.29, 1.82) is 0 Å². The summed E-state index contributed by atoms with van der Waals surface area (Å²) >= 11 is 6.41. The molecule has 0 heterocycles. The van der Waals surface area contributed by atoms with E-state index in [4.69, 9.17) is 11.6 Å². The molecule has 6 aromatic carbocycles. The van der Waals surface area contributed by atoms with E-state index in [1.54, 1.807) is 24.3 Å². The lowest BCUT2D eigenvalue weighted by Crippen LogP contribution is -2.43. The lowest BCUT2D eigenvalue weighted by Gasteiger charge is -2.27. The van der Waals surface area contributed by atoms with Crippen LogP contribution in [0.4, 0.5) is 5.69 Å². The second-order valence-electron chi connectivity index (χ2n) is 13.1. The molecule has 7 nitrogen and oxygen atoms in total. The number of nitrogens with zero attached hydrogens (tertiary/aromatic N) is 1. The van der Waals surface area contributed by atoms with Gasteiger partial charge in [0.15, 0.2) is 0 Å². The monoisotopic (exact) mass is 742 g/mol. The summed E-state index contributed by atoms with van der Waals surface area (Å²) in [5.41, 5.74) is 6.27. The van der Waals surface area contributed by atoms with Crippen LogP contribution in [0.3, 0.4) is 0 Å². The molecule has 268 valence electrons. The molecule has 0 spiro atoms. The number of carbonyl (C=O) groups excluding carboxylic acids is 1. The highest BCUT2D eigenvalue weighted by Gasteiger charge is 2.31. The van der Waals surface area contributed by atoms with Crippen molar-refractivity contribution in [3.8, 4) is 22.3 Å². The first-order valence-electron chi connectivity index (χ1n) is 17.2. The van der Waals surface area contributed by atoms with Gasteiger partial charge < -0.3 is 10.4 Å². The minimum atomic E-state index is -4.27. The third-order valence-electron chi connectivity index (χ3n) is 9.10. The lowest BCUT2D eigenvalue weighted by molar-refractivity contribution is -0.139. The normalized spacial score (nSPS) is 11.9. The number of hydrogen-bond donors (Lipinski definition) is 2. The van der Waals surface area contributed by atoms with Gasteiger partial charge in [-0.25, -0.2) is 13.2 Å². The molecule has 9 heteroatoms. The van der Waals surface area contributed by atoms with Crippen LogP contribution >= 0.6 is 11.6 Å². The summed E-state index contributed by atoms with van der Waals surface area (Å²) in [6.45, 7) is 4.06. The van der Waals surface area contributed by atoms with E-state index in [1.807, 2.05) is 109 Å². The van der Waals surface area contributed by atoms with Crippen LogP contribution in [0, 0.1) is 0 Å². The fraction of sp³-hybridized carbons (Fsp3) is 0.136. The molecule has 0 fully saturated rings. The number of aliphatic carboxylic acids is 1. The molecule has 1 atom stereocenters. The number of carboxylic acids is 1. The van der Waals surface area contributed by atoms with Gasteiger partial charge in [0.25, 0.3) is 15.9 Å². The molecule has 0 aliphatic carbocycles.